The van der Waals surface area contributed by atoms with Gasteiger partial charge in [-0.2, -0.15) is 0 Å². The molecule has 0 spiro atoms. The molecule has 0 N–H and O–H groups in total. The van der Waals surface area contributed by atoms with Crippen molar-refractivity contribution in [2.24, 2.45) is 0 Å². The fraction of sp³-hybridized carbons (Fsp3) is 0. The molecule has 10 rings (SSSR count). The maximum absolute atomic E-state index is 5.23. The van der Waals surface area contributed by atoms with Crippen LogP contribution < -0.4 is 0 Å². The zero-order valence-corrected chi connectivity index (χ0v) is 24.7. The molecular formula is C41H25N5. The fourth-order valence-corrected chi connectivity index (χ4v) is 7.03. The average Bonchev–Trinajstić information content (AvgIpc) is 3.68. The summed E-state index contributed by atoms with van der Waals surface area (Å²) in [5.74, 6) is 0.643. The summed E-state index contributed by atoms with van der Waals surface area (Å²) in [6.45, 7) is 0. The van der Waals surface area contributed by atoms with Gasteiger partial charge in [0, 0.05) is 32.7 Å². The highest BCUT2D eigenvalue weighted by Crippen LogP contribution is 2.39. The van der Waals surface area contributed by atoms with E-state index in [0.29, 0.717) is 5.95 Å². The Kier molecular flexibility index (Phi) is 5.22. The summed E-state index contributed by atoms with van der Waals surface area (Å²) in [6.07, 6.45) is 0. The van der Waals surface area contributed by atoms with Crippen molar-refractivity contribution in [2.45, 2.75) is 0 Å². The normalized spacial score (nSPS) is 11.9. The van der Waals surface area contributed by atoms with Crippen LogP contribution in [0.25, 0.3) is 88.6 Å². The zero-order valence-electron chi connectivity index (χ0n) is 24.7. The van der Waals surface area contributed by atoms with Gasteiger partial charge in [0.1, 0.15) is 5.65 Å². The van der Waals surface area contributed by atoms with Crippen LogP contribution >= 0.6 is 0 Å². The van der Waals surface area contributed by atoms with Crippen molar-refractivity contribution in [3.8, 4) is 28.5 Å². The van der Waals surface area contributed by atoms with E-state index in [0.717, 1.165) is 77.3 Å². The maximum Gasteiger partial charge on any atom is 0.235 e. The number of imidazole rings is 1. The molecule has 5 heteroatoms. The Hall–Kier alpha value is -6.33. The van der Waals surface area contributed by atoms with Gasteiger partial charge in [-0.05, 0) is 41.8 Å². The predicted octanol–water partition coefficient (Wildman–Crippen LogP) is 10.0. The molecule has 0 amide bonds. The fourth-order valence-electron chi connectivity index (χ4n) is 7.03. The Morgan fingerprint density at radius 1 is 0.370 bits per heavy atom. The van der Waals surface area contributed by atoms with Gasteiger partial charge in [-0.25, -0.2) is 15.0 Å². The van der Waals surface area contributed by atoms with Crippen LogP contribution in [0.2, 0.25) is 0 Å². The van der Waals surface area contributed by atoms with Crippen molar-refractivity contribution in [2.75, 3.05) is 0 Å². The van der Waals surface area contributed by atoms with Crippen LogP contribution in [0.3, 0.4) is 0 Å². The zero-order chi connectivity index (χ0) is 30.2. The molecule has 4 aromatic heterocycles. The molecule has 10 aromatic rings. The Balaban J connectivity index is 1.37. The average molecular weight is 588 g/mol. The van der Waals surface area contributed by atoms with E-state index in [1.807, 2.05) is 12.1 Å². The second-order valence-electron chi connectivity index (χ2n) is 11.7. The number of hydrogen-bond acceptors (Lipinski definition) is 3. The highest BCUT2D eigenvalue weighted by atomic mass is 15.2. The molecule has 0 unspecified atom stereocenters. The molecule has 5 nitrogen and oxygen atoms in total. The Labute approximate surface area is 263 Å². The second-order valence-corrected chi connectivity index (χ2v) is 11.7. The van der Waals surface area contributed by atoms with Gasteiger partial charge in [0.25, 0.3) is 0 Å². The van der Waals surface area contributed by atoms with Crippen molar-refractivity contribution in [3.63, 3.8) is 0 Å². The number of para-hydroxylation sites is 3. The SMILES string of the molecule is c1ccc(-c2cc(-c3ccccc3)nc(-n3c4ccccc4c4cc5c(cc43)c3ccccc3c3nc4ccccc4n53)n2)cc1. The number of aromatic nitrogens is 5. The second kappa shape index (κ2) is 9.58. The van der Waals surface area contributed by atoms with E-state index in [4.69, 9.17) is 15.0 Å². The number of pyridine rings is 1. The Morgan fingerprint density at radius 2 is 0.913 bits per heavy atom. The Morgan fingerprint density at radius 3 is 1.63 bits per heavy atom. The molecule has 0 aliphatic carbocycles. The van der Waals surface area contributed by atoms with Crippen molar-refractivity contribution in [1.82, 2.24) is 23.9 Å². The summed E-state index contributed by atoms with van der Waals surface area (Å²) in [4.78, 5) is 15.6. The summed E-state index contributed by atoms with van der Waals surface area (Å²) in [5.41, 5.74) is 10.2. The Bertz CT molecular complexity index is 2740. The number of rotatable bonds is 3. The smallest absolute Gasteiger partial charge is 0.235 e. The van der Waals surface area contributed by atoms with E-state index in [1.54, 1.807) is 0 Å². The number of benzene rings is 6. The van der Waals surface area contributed by atoms with Gasteiger partial charge in [-0.3, -0.25) is 8.97 Å². The van der Waals surface area contributed by atoms with Crippen molar-refractivity contribution >= 4 is 60.2 Å². The minimum Gasteiger partial charge on any atom is -0.292 e. The van der Waals surface area contributed by atoms with Crippen LogP contribution in [-0.4, -0.2) is 23.9 Å². The van der Waals surface area contributed by atoms with Gasteiger partial charge in [0.2, 0.25) is 5.95 Å². The summed E-state index contributed by atoms with van der Waals surface area (Å²) < 4.78 is 4.55. The summed E-state index contributed by atoms with van der Waals surface area (Å²) in [5, 5.41) is 5.75. The molecule has 0 bridgehead atoms. The third kappa shape index (κ3) is 3.60. The largest absolute Gasteiger partial charge is 0.292 e. The van der Waals surface area contributed by atoms with Gasteiger partial charge in [-0.1, -0.05) is 115 Å². The third-order valence-electron chi connectivity index (χ3n) is 9.10. The molecular weight excluding hydrogens is 562 g/mol. The molecule has 0 aliphatic heterocycles. The van der Waals surface area contributed by atoms with Gasteiger partial charge in [0.05, 0.1) is 39.0 Å². The van der Waals surface area contributed by atoms with Gasteiger partial charge >= 0.3 is 0 Å². The molecule has 46 heavy (non-hydrogen) atoms. The van der Waals surface area contributed by atoms with Crippen LogP contribution in [-0.2, 0) is 0 Å². The van der Waals surface area contributed by atoms with E-state index in [2.05, 4.69) is 148 Å². The van der Waals surface area contributed by atoms with Crippen molar-refractivity contribution < 1.29 is 0 Å². The van der Waals surface area contributed by atoms with Gasteiger partial charge in [-0.15, -0.1) is 0 Å². The number of nitrogens with zero attached hydrogens (tertiary/aromatic N) is 5. The first-order valence-corrected chi connectivity index (χ1v) is 15.5. The van der Waals surface area contributed by atoms with E-state index in [1.165, 1.54) is 5.39 Å². The van der Waals surface area contributed by atoms with Crippen molar-refractivity contribution in [3.05, 3.63) is 152 Å². The van der Waals surface area contributed by atoms with Crippen LogP contribution in [0.1, 0.15) is 0 Å². The summed E-state index contributed by atoms with van der Waals surface area (Å²) >= 11 is 0. The first-order valence-electron chi connectivity index (χ1n) is 15.5. The topological polar surface area (TPSA) is 48.0 Å². The molecule has 0 saturated heterocycles. The standard InChI is InChI=1S/C41H25N5/c1-3-13-26(14-4-1)34-25-35(27-15-5-2-6-16-27)44-41(43-34)46-36-21-11-9-18-29(36)32-24-38-31(23-39(32)46)28-17-7-8-19-30(28)40-42-33-20-10-12-22-37(33)45(38)40/h1-25H. The van der Waals surface area contributed by atoms with Gasteiger partial charge in [0.15, 0.2) is 0 Å². The van der Waals surface area contributed by atoms with Crippen molar-refractivity contribution in [1.29, 1.82) is 0 Å². The lowest BCUT2D eigenvalue weighted by atomic mass is 10.0. The minimum atomic E-state index is 0.643. The first-order chi connectivity index (χ1) is 22.8. The highest BCUT2D eigenvalue weighted by molar-refractivity contribution is 6.20. The highest BCUT2D eigenvalue weighted by Gasteiger charge is 2.20. The summed E-state index contributed by atoms with van der Waals surface area (Å²) in [6, 6.07) is 53.0. The quantitative estimate of drug-likeness (QED) is 0.193. The first kappa shape index (κ1) is 25.0. The van der Waals surface area contributed by atoms with Crippen LogP contribution in [0, 0.1) is 0 Å². The van der Waals surface area contributed by atoms with Gasteiger partial charge < -0.3 is 0 Å². The van der Waals surface area contributed by atoms with Crippen LogP contribution in [0.15, 0.2) is 152 Å². The van der Waals surface area contributed by atoms with Crippen LogP contribution in [0.5, 0.6) is 0 Å². The minimum absolute atomic E-state index is 0.643. The van der Waals surface area contributed by atoms with E-state index in [-0.39, 0.29) is 0 Å². The molecule has 0 saturated carbocycles. The lowest BCUT2D eigenvalue weighted by Crippen LogP contribution is -2.04. The van der Waals surface area contributed by atoms with E-state index >= 15 is 0 Å². The maximum atomic E-state index is 5.23. The monoisotopic (exact) mass is 587 g/mol. The molecule has 6 aromatic carbocycles. The van der Waals surface area contributed by atoms with E-state index in [9.17, 15) is 0 Å². The molecule has 0 atom stereocenters. The molecule has 0 radical (unpaired) electrons. The predicted molar refractivity (Wildman–Crippen MR) is 189 cm³/mol. The van der Waals surface area contributed by atoms with E-state index < -0.39 is 0 Å². The summed E-state index contributed by atoms with van der Waals surface area (Å²) in [7, 11) is 0. The lowest BCUT2D eigenvalue weighted by Gasteiger charge is -2.13. The number of fused-ring (bicyclic) bond motifs is 11. The van der Waals surface area contributed by atoms with Crippen LogP contribution in [0.4, 0.5) is 0 Å². The number of hydrogen-bond donors (Lipinski definition) is 0. The molecule has 0 fully saturated rings. The third-order valence-corrected chi connectivity index (χ3v) is 9.10. The lowest BCUT2D eigenvalue weighted by molar-refractivity contribution is 0.996. The molecule has 4 heterocycles. The molecule has 214 valence electrons. The molecule has 0 aliphatic rings.